The highest BCUT2D eigenvalue weighted by Crippen LogP contribution is 2.21. The summed E-state index contributed by atoms with van der Waals surface area (Å²) in [6.45, 7) is 2.78. The van der Waals surface area contributed by atoms with E-state index in [2.05, 4.69) is 47.7 Å². The fraction of sp³-hybridized carbons (Fsp3) is 0.167. The highest BCUT2D eigenvalue weighted by Gasteiger charge is 2.04. The van der Waals surface area contributed by atoms with Crippen LogP contribution in [0.5, 0.6) is 0 Å². The molecule has 2 aromatic carbocycles. The molecule has 2 N–H and O–H groups in total. The van der Waals surface area contributed by atoms with E-state index in [-0.39, 0.29) is 6.04 Å². The fourth-order valence-corrected chi connectivity index (χ4v) is 2.35. The lowest BCUT2D eigenvalue weighted by atomic mass is 10.0. The fourth-order valence-electron chi connectivity index (χ4n) is 2.35. The molecular weight excluding hydrogens is 258 g/mol. The largest absolute Gasteiger partial charge is 0.324 e. The first-order chi connectivity index (χ1) is 10.2. The third-order valence-electron chi connectivity index (χ3n) is 3.59. The minimum Gasteiger partial charge on any atom is -0.324 e. The summed E-state index contributed by atoms with van der Waals surface area (Å²) in [5.74, 6) is 0. The molecule has 0 amide bonds. The van der Waals surface area contributed by atoms with Crippen LogP contribution in [-0.4, -0.2) is 9.78 Å². The predicted octanol–water partition coefficient (Wildman–Crippen LogP) is 3.62. The topological polar surface area (TPSA) is 43.8 Å². The Morgan fingerprint density at radius 1 is 1.00 bits per heavy atom. The standard InChI is InChI=1S/C18H19N3/c1-14(19)16-7-9-17(10-8-16)18-11-20-21(13-18)12-15-5-3-2-4-6-15/h2-11,13-14H,12,19H2,1H3/t14-/m0/s1. The monoisotopic (exact) mass is 277 g/mol. The zero-order chi connectivity index (χ0) is 14.7. The molecule has 106 valence electrons. The number of hydrogen-bond acceptors (Lipinski definition) is 2. The maximum Gasteiger partial charge on any atom is 0.0659 e. The lowest BCUT2D eigenvalue weighted by Gasteiger charge is -2.05. The molecule has 0 aliphatic heterocycles. The molecule has 3 nitrogen and oxygen atoms in total. The first-order valence-corrected chi connectivity index (χ1v) is 7.14. The van der Waals surface area contributed by atoms with Crippen LogP contribution in [0.3, 0.4) is 0 Å². The second-order valence-corrected chi connectivity index (χ2v) is 5.32. The molecule has 3 aromatic rings. The molecule has 0 saturated carbocycles. The smallest absolute Gasteiger partial charge is 0.0659 e. The van der Waals surface area contributed by atoms with Gasteiger partial charge in [-0.05, 0) is 23.6 Å². The van der Waals surface area contributed by atoms with Gasteiger partial charge in [0.15, 0.2) is 0 Å². The maximum atomic E-state index is 5.88. The molecule has 21 heavy (non-hydrogen) atoms. The van der Waals surface area contributed by atoms with Gasteiger partial charge in [-0.15, -0.1) is 0 Å². The second-order valence-electron chi connectivity index (χ2n) is 5.32. The van der Waals surface area contributed by atoms with Gasteiger partial charge in [-0.2, -0.15) is 5.10 Å². The van der Waals surface area contributed by atoms with Crippen molar-refractivity contribution in [3.05, 3.63) is 78.1 Å². The Bertz CT molecular complexity index is 697. The Labute approximate surface area is 125 Å². The molecule has 3 heteroatoms. The minimum absolute atomic E-state index is 0.0693. The molecule has 1 aromatic heterocycles. The normalized spacial score (nSPS) is 12.3. The van der Waals surface area contributed by atoms with Crippen LogP contribution < -0.4 is 5.73 Å². The van der Waals surface area contributed by atoms with Crippen LogP contribution in [-0.2, 0) is 6.54 Å². The van der Waals surface area contributed by atoms with E-state index in [1.165, 1.54) is 11.1 Å². The van der Waals surface area contributed by atoms with Gasteiger partial charge >= 0.3 is 0 Å². The summed E-state index contributed by atoms with van der Waals surface area (Å²) in [4.78, 5) is 0. The number of aromatic nitrogens is 2. The van der Waals surface area contributed by atoms with Crippen LogP contribution in [0.25, 0.3) is 11.1 Å². The van der Waals surface area contributed by atoms with Crippen LogP contribution in [0.15, 0.2) is 67.0 Å². The molecule has 0 aliphatic rings. The summed E-state index contributed by atoms with van der Waals surface area (Å²) < 4.78 is 1.96. The van der Waals surface area contributed by atoms with Gasteiger partial charge in [-0.3, -0.25) is 4.68 Å². The minimum atomic E-state index is 0.0693. The lowest BCUT2D eigenvalue weighted by Crippen LogP contribution is -2.04. The maximum absolute atomic E-state index is 5.88. The number of nitrogens with zero attached hydrogens (tertiary/aromatic N) is 2. The molecule has 0 bridgehead atoms. The first-order valence-electron chi connectivity index (χ1n) is 7.14. The van der Waals surface area contributed by atoms with Gasteiger partial charge in [-0.1, -0.05) is 54.6 Å². The Hall–Kier alpha value is -2.39. The number of rotatable bonds is 4. The number of benzene rings is 2. The second kappa shape index (κ2) is 5.94. The summed E-state index contributed by atoms with van der Waals surface area (Å²) >= 11 is 0. The van der Waals surface area contributed by atoms with Crippen molar-refractivity contribution in [1.82, 2.24) is 9.78 Å². The Morgan fingerprint density at radius 2 is 1.71 bits per heavy atom. The van der Waals surface area contributed by atoms with Crippen molar-refractivity contribution in [2.24, 2.45) is 5.73 Å². The van der Waals surface area contributed by atoms with Crippen LogP contribution >= 0.6 is 0 Å². The van der Waals surface area contributed by atoms with Gasteiger partial charge in [0, 0.05) is 17.8 Å². The van der Waals surface area contributed by atoms with E-state index in [0.29, 0.717) is 0 Å². The van der Waals surface area contributed by atoms with Gasteiger partial charge in [0.25, 0.3) is 0 Å². The molecule has 0 aliphatic carbocycles. The van der Waals surface area contributed by atoms with Crippen LogP contribution in [0, 0.1) is 0 Å². The van der Waals surface area contributed by atoms with Gasteiger partial charge < -0.3 is 5.73 Å². The van der Waals surface area contributed by atoms with Gasteiger partial charge in [0.05, 0.1) is 12.7 Å². The summed E-state index contributed by atoms with van der Waals surface area (Å²) in [6, 6.07) is 18.8. The zero-order valence-electron chi connectivity index (χ0n) is 12.1. The van der Waals surface area contributed by atoms with Gasteiger partial charge in [0.1, 0.15) is 0 Å². The number of nitrogens with two attached hydrogens (primary N) is 1. The van der Waals surface area contributed by atoms with Crippen molar-refractivity contribution in [2.45, 2.75) is 19.5 Å². The average molecular weight is 277 g/mol. The predicted molar refractivity (Wildman–Crippen MR) is 85.8 cm³/mol. The molecule has 1 atom stereocenters. The quantitative estimate of drug-likeness (QED) is 0.791. The third kappa shape index (κ3) is 3.20. The average Bonchev–Trinajstić information content (AvgIpc) is 2.97. The molecule has 0 unspecified atom stereocenters. The highest BCUT2D eigenvalue weighted by atomic mass is 15.3. The van der Waals surface area contributed by atoms with Crippen molar-refractivity contribution in [3.8, 4) is 11.1 Å². The zero-order valence-corrected chi connectivity index (χ0v) is 12.1. The molecule has 1 heterocycles. The molecule has 0 saturated heterocycles. The molecular formula is C18H19N3. The third-order valence-corrected chi connectivity index (χ3v) is 3.59. The summed E-state index contributed by atoms with van der Waals surface area (Å²) in [6.07, 6.45) is 3.98. The van der Waals surface area contributed by atoms with E-state index in [1.807, 2.05) is 36.0 Å². The van der Waals surface area contributed by atoms with E-state index in [1.54, 1.807) is 0 Å². The Kier molecular flexibility index (Phi) is 3.84. The Morgan fingerprint density at radius 3 is 2.38 bits per heavy atom. The lowest BCUT2D eigenvalue weighted by molar-refractivity contribution is 0.687. The van der Waals surface area contributed by atoms with Crippen molar-refractivity contribution < 1.29 is 0 Å². The van der Waals surface area contributed by atoms with Crippen molar-refractivity contribution in [2.75, 3.05) is 0 Å². The number of hydrogen-bond donors (Lipinski definition) is 1. The van der Waals surface area contributed by atoms with E-state index in [9.17, 15) is 0 Å². The van der Waals surface area contributed by atoms with Gasteiger partial charge in [0.2, 0.25) is 0 Å². The SMILES string of the molecule is C[C@H](N)c1ccc(-c2cnn(Cc3ccccc3)c2)cc1. The van der Waals surface area contributed by atoms with E-state index in [4.69, 9.17) is 5.73 Å². The van der Waals surface area contributed by atoms with E-state index >= 15 is 0 Å². The van der Waals surface area contributed by atoms with E-state index < -0.39 is 0 Å². The van der Waals surface area contributed by atoms with Crippen LogP contribution in [0.1, 0.15) is 24.1 Å². The first kappa shape index (κ1) is 13.6. The Balaban J connectivity index is 1.78. The summed E-state index contributed by atoms with van der Waals surface area (Å²) in [7, 11) is 0. The molecule has 0 radical (unpaired) electrons. The van der Waals surface area contributed by atoms with Gasteiger partial charge in [-0.25, -0.2) is 0 Å². The van der Waals surface area contributed by atoms with E-state index in [0.717, 1.165) is 17.7 Å². The highest BCUT2D eigenvalue weighted by molar-refractivity contribution is 5.62. The van der Waals surface area contributed by atoms with Crippen LogP contribution in [0.2, 0.25) is 0 Å². The summed E-state index contributed by atoms with van der Waals surface area (Å²) in [5, 5.41) is 4.44. The van der Waals surface area contributed by atoms with Crippen molar-refractivity contribution >= 4 is 0 Å². The molecule has 3 rings (SSSR count). The van der Waals surface area contributed by atoms with Crippen LogP contribution in [0.4, 0.5) is 0 Å². The molecule has 0 spiro atoms. The summed E-state index contributed by atoms with van der Waals surface area (Å²) in [5.41, 5.74) is 10.6. The van der Waals surface area contributed by atoms with Crippen molar-refractivity contribution in [3.63, 3.8) is 0 Å². The van der Waals surface area contributed by atoms with Crippen molar-refractivity contribution in [1.29, 1.82) is 0 Å². The molecule has 0 fully saturated rings.